The van der Waals surface area contributed by atoms with Gasteiger partial charge in [0.1, 0.15) is 0 Å². The maximum Gasteiger partial charge on any atom is 0.510 e. The largest absolute Gasteiger partial charge is 0.510 e. The van der Waals surface area contributed by atoms with Gasteiger partial charge in [-0.2, -0.15) is 0 Å². The quantitative estimate of drug-likeness (QED) is 0.624. The molecule has 1 rings (SSSR count). The van der Waals surface area contributed by atoms with Crippen molar-refractivity contribution in [2.45, 2.75) is 20.3 Å². The monoisotopic (exact) mass is 187 g/mol. The zero-order valence-corrected chi connectivity index (χ0v) is 7.65. The van der Waals surface area contributed by atoms with E-state index >= 15 is 0 Å². The smallest absolute Gasteiger partial charge is 0.445 e. The van der Waals surface area contributed by atoms with Crippen LogP contribution in [0.3, 0.4) is 0 Å². The first-order valence-electron chi connectivity index (χ1n) is 4.25. The van der Waals surface area contributed by atoms with Crippen LogP contribution in [0.2, 0.25) is 0 Å². The van der Waals surface area contributed by atoms with Crippen molar-refractivity contribution in [2.75, 3.05) is 0 Å². The lowest BCUT2D eigenvalue weighted by Gasteiger charge is -2.21. The van der Waals surface area contributed by atoms with E-state index < -0.39 is 12.4 Å². The Labute approximate surface area is 75.8 Å². The lowest BCUT2D eigenvalue weighted by Crippen LogP contribution is -2.38. The summed E-state index contributed by atoms with van der Waals surface area (Å²) in [5.74, 6) is 0. The molecule has 0 unspecified atom stereocenters. The van der Waals surface area contributed by atoms with Gasteiger partial charge < -0.3 is 12.9 Å². The number of halogens is 3. The standard InChI is InChI=1S/C9H11BF3/c1-3-8-6-4-5-7(2)9(8)10(11,12)13/h4-6H,3H2,1-2H3/q-1. The van der Waals surface area contributed by atoms with Crippen LogP contribution in [0.5, 0.6) is 0 Å². The van der Waals surface area contributed by atoms with Crippen molar-refractivity contribution in [3.63, 3.8) is 0 Å². The van der Waals surface area contributed by atoms with Gasteiger partial charge in [0.2, 0.25) is 0 Å². The first kappa shape index (κ1) is 10.2. The fourth-order valence-corrected chi connectivity index (χ4v) is 1.52. The maximum atomic E-state index is 12.6. The van der Waals surface area contributed by atoms with Crippen LogP contribution in [0.1, 0.15) is 18.1 Å². The topological polar surface area (TPSA) is 0 Å². The van der Waals surface area contributed by atoms with Crippen molar-refractivity contribution in [3.05, 3.63) is 29.3 Å². The van der Waals surface area contributed by atoms with Crippen molar-refractivity contribution < 1.29 is 12.9 Å². The highest BCUT2D eigenvalue weighted by molar-refractivity contribution is 6.74. The number of rotatable bonds is 2. The molecule has 0 bridgehead atoms. The zero-order chi connectivity index (χ0) is 10.1. The molecule has 0 heterocycles. The third kappa shape index (κ3) is 2.05. The highest BCUT2D eigenvalue weighted by Crippen LogP contribution is 2.15. The molecule has 0 radical (unpaired) electrons. The average Bonchev–Trinajstić information content (AvgIpc) is 2.01. The molecule has 0 N–H and O–H groups in total. The van der Waals surface area contributed by atoms with E-state index in [9.17, 15) is 12.9 Å². The van der Waals surface area contributed by atoms with E-state index in [1.54, 1.807) is 13.0 Å². The van der Waals surface area contributed by atoms with E-state index in [1.807, 2.05) is 0 Å². The lowest BCUT2D eigenvalue weighted by molar-refractivity contribution is 0.500. The molecular formula is C9H11BF3-. The number of hydrogen-bond donors (Lipinski definition) is 0. The van der Waals surface area contributed by atoms with Crippen LogP contribution < -0.4 is 5.46 Å². The van der Waals surface area contributed by atoms with E-state index in [1.165, 1.54) is 19.1 Å². The summed E-state index contributed by atoms with van der Waals surface area (Å²) in [6.45, 7) is -1.62. The molecule has 72 valence electrons. The summed E-state index contributed by atoms with van der Waals surface area (Å²) in [7, 11) is 0. The Bertz CT molecular complexity index is 304. The molecule has 13 heavy (non-hydrogen) atoms. The van der Waals surface area contributed by atoms with E-state index in [2.05, 4.69) is 0 Å². The molecule has 0 spiro atoms. The fraction of sp³-hybridized carbons (Fsp3) is 0.333. The van der Waals surface area contributed by atoms with Gasteiger partial charge in [-0.25, -0.2) is 0 Å². The molecule has 0 saturated heterocycles. The third-order valence-corrected chi connectivity index (χ3v) is 2.12. The molecule has 1 aromatic rings. The molecule has 0 fully saturated rings. The van der Waals surface area contributed by atoms with E-state index in [0.717, 1.165) is 0 Å². The number of aryl methyl sites for hydroxylation is 2. The zero-order valence-electron chi connectivity index (χ0n) is 7.65. The van der Waals surface area contributed by atoms with Crippen LogP contribution >= 0.6 is 0 Å². The van der Waals surface area contributed by atoms with Gasteiger partial charge in [0.25, 0.3) is 0 Å². The van der Waals surface area contributed by atoms with E-state index in [0.29, 0.717) is 17.5 Å². The highest BCUT2D eigenvalue weighted by Gasteiger charge is 2.29. The molecule has 0 nitrogen and oxygen atoms in total. The average molecular weight is 187 g/mol. The number of hydrogen-bond acceptors (Lipinski definition) is 0. The van der Waals surface area contributed by atoms with Crippen LogP contribution in [-0.2, 0) is 6.42 Å². The SMILES string of the molecule is CCc1cccc(C)c1[B-](F)(F)F. The molecule has 1 aromatic carbocycles. The Morgan fingerprint density at radius 1 is 1.23 bits per heavy atom. The fourth-order valence-electron chi connectivity index (χ4n) is 1.52. The summed E-state index contributed by atoms with van der Waals surface area (Å²) in [5, 5.41) is 0. The predicted octanol–water partition coefficient (Wildman–Crippen LogP) is 2.61. The summed E-state index contributed by atoms with van der Waals surface area (Å²) in [4.78, 5) is 0. The molecule has 0 aliphatic carbocycles. The van der Waals surface area contributed by atoms with Crippen molar-refractivity contribution >= 4 is 12.4 Å². The van der Waals surface area contributed by atoms with Crippen LogP contribution in [0.15, 0.2) is 18.2 Å². The minimum atomic E-state index is -4.86. The van der Waals surface area contributed by atoms with Crippen LogP contribution in [-0.4, -0.2) is 6.98 Å². The summed E-state index contributed by atoms with van der Waals surface area (Å²) in [6.07, 6.45) is 0.429. The Kier molecular flexibility index (Phi) is 2.69. The molecule has 0 aromatic heterocycles. The van der Waals surface area contributed by atoms with Gasteiger partial charge in [-0.3, -0.25) is 0 Å². The number of benzene rings is 1. The molecule has 4 heteroatoms. The highest BCUT2D eigenvalue weighted by atomic mass is 19.4. The molecular weight excluding hydrogens is 176 g/mol. The third-order valence-electron chi connectivity index (χ3n) is 2.12. The van der Waals surface area contributed by atoms with Gasteiger partial charge in [0.05, 0.1) is 0 Å². The van der Waals surface area contributed by atoms with Gasteiger partial charge in [-0.05, 0) is 13.3 Å². The Balaban J connectivity index is 3.32. The molecule has 0 atom stereocenters. The second kappa shape index (κ2) is 3.44. The van der Waals surface area contributed by atoms with Gasteiger partial charge >= 0.3 is 6.98 Å². The maximum absolute atomic E-state index is 12.6. The van der Waals surface area contributed by atoms with Crippen molar-refractivity contribution in [1.29, 1.82) is 0 Å². The normalized spacial score (nSPS) is 11.8. The Hall–Kier alpha value is -0.925. The molecule has 0 aliphatic heterocycles. The summed E-state index contributed by atoms with van der Waals surface area (Å²) in [5.41, 5.74) is 0.310. The van der Waals surface area contributed by atoms with Crippen molar-refractivity contribution in [2.24, 2.45) is 0 Å². The van der Waals surface area contributed by atoms with Crippen LogP contribution in [0.25, 0.3) is 0 Å². The molecule has 0 aliphatic rings. The second-order valence-electron chi connectivity index (χ2n) is 3.08. The minimum Gasteiger partial charge on any atom is -0.445 e. The van der Waals surface area contributed by atoms with Gasteiger partial charge in [-0.1, -0.05) is 36.2 Å². The molecule has 0 saturated carbocycles. The first-order valence-corrected chi connectivity index (χ1v) is 4.25. The van der Waals surface area contributed by atoms with E-state index in [4.69, 9.17) is 0 Å². The predicted molar refractivity (Wildman–Crippen MR) is 49.3 cm³/mol. The second-order valence-corrected chi connectivity index (χ2v) is 3.08. The first-order chi connectivity index (χ1) is 5.96. The Morgan fingerprint density at radius 2 is 1.85 bits per heavy atom. The van der Waals surface area contributed by atoms with E-state index in [-0.39, 0.29) is 0 Å². The van der Waals surface area contributed by atoms with Crippen molar-refractivity contribution in [3.8, 4) is 0 Å². The van der Waals surface area contributed by atoms with Gasteiger partial charge in [-0.15, -0.1) is 5.46 Å². The minimum absolute atomic E-state index is 0.326. The summed E-state index contributed by atoms with van der Waals surface area (Å²) in [6, 6.07) is 4.71. The Morgan fingerprint density at radius 3 is 2.23 bits per heavy atom. The van der Waals surface area contributed by atoms with Gasteiger partial charge in [0, 0.05) is 0 Å². The van der Waals surface area contributed by atoms with Gasteiger partial charge in [0.15, 0.2) is 0 Å². The summed E-state index contributed by atoms with van der Waals surface area (Å²) >= 11 is 0. The van der Waals surface area contributed by atoms with Crippen LogP contribution in [0, 0.1) is 6.92 Å². The van der Waals surface area contributed by atoms with Crippen molar-refractivity contribution in [1.82, 2.24) is 0 Å². The lowest BCUT2D eigenvalue weighted by atomic mass is 9.73. The summed E-state index contributed by atoms with van der Waals surface area (Å²) < 4.78 is 37.7. The molecule has 0 amide bonds. The van der Waals surface area contributed by atoms with Crippen LogP contribution in [0.4, 0.5) is 12.9 Å².